The van der Waals surface area contributed by atoms with E-state index in [1.165, 1.54) is 14.2 Å². The lowest BCUT2D eigenvalue weighted by Crippen LogP contribution is -2.42. The molecule has 58 heavy (non-hydrogen) atoms. The molecule has 0 radical (unpaired) electrons. The highest BCUT2D eigenvalue weighted by molar-refractivity contribution is 5.87. The highest BCUT2D eigenvalue weighted by atomic mass is 16.5. The third-order valence-corrected chi connectivity index (χ3v) is 11.4. The molecule has 2 aromatic carbocycles. The van der Waals surface area contributed by atoms with Crippen molar-refractivity contribution in [2.75, 3.05) is 33.9 Å². The molecule has 5 unspecified atom stereocenters. The third kappa shape index (κ3) is 7.95. The molecule has 2 aliphatic carbocycles. The van der Waals surface area contributed by atoms with Crippen LogP contribution in [0.2, 0.25) is 0 Å². The minimum atomic E-state index is -0.875. The molecule has 2 fully saturated rings. The second-order valence-electron chi connectivity index (χ2n) is 14.8. The molecule has 14 heteroatoms. The van der Waals surface area contributed by atoms with Crippen LogP contribution in [0.5, 0.6) is 0 Å². The Morgan fingerprint density at radius 1 is 0.741 bits per heavy atom. The number of benzene rings is 2. The highest BCUT2D eigenvalue weighted by Crippen LogP contribution is 2.38. The minimum Gasteiger partial charge on any atom is -0.453 e. The number of aromatic amines is 2. The number of amides is 4. The van der Waals surface area contributed by atoms with Crippen molar-refractivity contribution in [3.05, 3.63) is 132 Å². The van der Waals surface area contributed by atoms with Crippen LogP contribution in [-0.2, 0) is 19.1 Å². The van der Waals surface area contributed by atoms with Gasteiger partial charge in [0.2, 0.25) is 5.91 Å². The summed E-state index contributed by atoms with van der Waals surface area (Å²) in [6.07, 6.45) is 18.9. The molecular formula is C44H46N8O6. The summed E-state index contributed by atoms with van der Waals surface area (Å²) in [5.74, 6) is 1.46. The van der Waals surface area contributed by atoms with Gasteiger partial charge in [0.25, 0.3) is 5.91 Å². The van der Waals surface area contributed by atoms with Crippen molar-refractivity contribution in [3.63, 3.8) is 0 Å². The molecule has 4 heterocycles. The Balaban J connectivity index is 0.904. The van der Waals surface area contributed by atoms with E-state index in [0.717, 1.165) is 65.2 Å². The number of carbonyl (C=O) groups excluding carboxylic acids is 4. The molecule has 4 amide bonds. The number of likely N-dealkylation sites (tertiary alicyclic amines) is 2. The number of allylic oxidation sites excluding steroid dienone is 8. The number of nitrogens with one attached hydrogen (secondary N) is 4. The Hall–Kier alpha value is -6.70. The molecule has 0 bridgehead atoms. The maximum atomic E-state index is 13.9. The normalized spacial score (nSPS) is 21.5. The van der Waals surface area contributed by atoms with E-state index < -0.39 is 18.2 Å². The first-order valence-electron chi connectivity index (χ1n) is 19.6. The van der Waals surface area contributed by atoms with E-state index in [0.29, 0.717) is 24.5 Å². The Kier molecular flexibility index (Phi) is 11.1. The smallest absolute Gasteiger partial charge is 0.407 e. The highest BCUT2D eigenvalue weighted by Gasteiger charge is 2.37. The van der Waals surface area contributed by atoms with E-state index in [2.05, 4.69) is 91.0 Å². The average molecular weight is 783 g/mol. The fourth-order valence-electron chi connectivity index (χ4n) is 8.33. The molecule has 14 nitrogen and oxygen atoms in total. The van der Waals surface area contributed by atoms with Crippen LogP contribution in [-0.4, -0.2) is 87.6 Å². The summed E-state index contributed by atoms with van der Waals surface area (Å²) in [6.45, 7) is 1.05. The molecule has 4 aliphatic rings. The standard InChI is InChI=1S/C44H46N8O6/c1-57-43(55)47-26-38(53)51-20-6-10-36(51)40-46-25-35(49-40)33-19-18-31-22-30(16-17-32(31)23-33)27-12-14-28(15-13-27)34-24-45-41(48-34)37-11-7-21-52(37)42(54)39(50-44(56)58-2)29-8-4-3-5-9-29/h3-5,8-9,12-19,22-25,31-32,36-37,39H,6-7,10-11,20-21,26H2,1-2H3,(H,45,48)(H,46,49)(H,47,55)(H,50,56). The van der Waals surface area contributed by atoms with Crippen molar-refractivity contribution < 1.29 is 28.7 Å². The van der Waals surface area contributed by atoms with Crippen molar-refractivity contribution in [3.8, 4) is 11.3 Å². The summed E-state index contributed by atoms with van der Waals surface area (Å²) in [5, 5.41) is 5.19. The topological polar surface area (TPSA) is 175 Å². The monoisotopic (exact) mass is 782 g/mol. The summed E-state index contributed by atoms with van der Waals surface area (Å²) in [4.78, 5) is 70.3. The fraction of sp³-hybridized carbons (Fsp3) is 0.318. The average Bonchev–Trinajstić information content (AvgIpc) is 4.11. The van der Waals surface area contributed by atoms with E-state index in [1.807, 2.05) is 42.7 Å². The van der Waals surface area contributed by atoms with Crippen molar-refractivity contribution in [1.82, 2.24) is 40.4 Å². The largest absolute Gasteiger partial charge is 0.453 e. The predicted octanol–water partition coefficient (Wildman–Crippen LogP) is 6.42. The maximum Gasteiger partial charge on any atom is 0.407 e. The van der Waals surface area contributed by atoms with Gasteiger partial charge >= 0.3 is 12.2 Å². The molecule has 0 saturated carbocycles. The zero-order chi connectivity index (χ0) is 40.2. The number of ether oxygens (including phenoxy) is 2. The number of H-pyrrole nitrogens is 2. The van der Waals surface area contributed by atoms with Crippen LogP contribution in [0.3, 0.4) is 0 Å². The van der Waals surface area contributed by atoms with Gasteiger partial charge < -0.3 is 39.9 Å². The number of hydrogen-bond donors (Lipinski definition) is 4. The summed E-state index contributed by atoms with van der Waals surface area (Å²) in [7, 11) is 2.55. The number of nitrogens with zero attached hydrogens (tertiary/aromatic N) is 4. The van der Waals surface area contributed by atoms with Gasteiger partial charge in [-0.05, 0) is 53.5 Å². The van der Waals surface area contributed by atoms with E-state index in [-0.39, 0.29) is 42.3 Å². The summed E-state index contributed by atoms with van der Waals surface area (Å²) in [6, 6.07) is 16.3. The number of rotatable bonds is 10. The fourth-order valence-corrected chi connectivity index (χ4v) is 8.33. The molecule has 4 aromatic rings. The lowest BCUT2D eigenvalue weighted by atomic mass is 9.79. The van der Waals surface area contributed by atoms with Gasteiger partial charge in [-0.1, -0.05) is 91.1 Å². The minimum absolute atomic E-state index is 0.119. The molecule has 2 saturated heterocycles. The molecule has 2 aromatic heterocycles. The lowest BCUT2D eigenvalue weighted by Gasteiger charge is -2.28. The molecule has 298 valence electrons. The number of hydrogen-bond acceptors (Lipinski definition) is 8. The number of carbonyl (C=O) groups is 4. The number of fused-ring (bicyclic) bond motifs is 1. The zero-order valence-electron chi connectivity index (χ0n) is 32.4. The van der Waals surface area contributed by atoms with Crippen molar-refractivity contribution >= 4 is 35.1 Å². The van der Waals surface area contributed by atoms with Crippen molar-refractivity contribution in [2.24, 2.45) is 11.8 Å². The SMILES string of the molecule is COC(=O)NCC(=O)N1CCCC1c1ncc(C2=CC3C=CC(c4ccc(-c5cnc(C6CCCN6C(=O)C(NC(=O)OC)c6ccccc6)[nH]5)cc4)=CC3C=C2)[nH]1. The van der Waals surface area contributed by atoms with Gasteiger partial charge in [0.1, 0.15) is 24.2 Å². The van der Waals surface area contributed by atoms with Gasteiger partial charge in [-0.15, -0.1) is 0 Å². The number of aromatic nitrogens is 4. The van der Waals surface area contributed by atoms with Crippen molar-refractivity contribution in [1.29, 1.82) is 0 Å². The van der Waals surface area contributed by atoms with Crippen LogP contribution in [0.25, 0.3) is 22.4 Å². The van der Waals surface area contributed by atoms with E-state index in [4.69, 9.17) is 9.72 Å². The quantitative estimate of drug-likeness (QED) is 0.143. The lowest BCUT2D eigenvalue weighted by molar-refractivity contribution is -0.134. The van der Waals surface area contributed by atoms with Crippen LogP contribution in [0.4, 0.5) is 9.59 Å². The number of alkyl carbamates (subject to hydrolysis) is 2. The Morgan fingerprint density at radius 3 is 2.02 bits per heavy atom. The van der Waals surface area contributed by atoms with Gasteiger partial charge in [-0.3, -0.25) is 9.59 Å². The molecular weight excluding hydrogens is 737 g/mol. The van der Waals surface area contributed by atoms with Crippen molar-refractivity contribution in [2.45, 2.75) is 43.8 Å². The molecule has 4 N–H and O–H groups in total. The van der Waals surface area contributed by atoms with E-state index in [9.17, 15) is 19.2 Å². The first-order chi connectivity index (χ1) is 28.3. The molecule has 8 rings (SSSR count). The summed E-state index contributed by atoms with van der Waals surface area (Å²) in [5.41, 5.74) is 6.73. The Labute approximate surface area is 336 Å². The van der Waals surface area contributed by atoms with Crippen LogP contribution >= 0.6 is 0 Å². The Bertz CT molecular complexity index is 2290. The van der Waals surface area contributed by atoms with Crippen LogP contribution in [0.1, 0.15) is 72.3 Å². The predicted molar refractivity (Wildman–Crippen MR) is 216 cm³/mol. The summed E-state index contributed by atoms with van der Waals surface area (Å²) >= 11 is 0. The van der Waals surface area contributed by atoms with Gasteiger partial charge in [-0.2, -0.15) is 0 Å². The van der Waals surface area contributed by atoms with Gasteiger partial charge in [-0.25, -0.2) is 19.6 Å². The number of imidazole rings is 2. The van der Waals surface area contributed by atoms with Crippen LogP contribution in [0.15, 0.2) is 103 Å². The van der Waals surface area contributed by atoms with Crippen LogP contribution < -0.4 is 10.6 Å². The molecule has 0 spiro atoms. The first-order valence-corrected chi connectivity index (χ1v) is 19.6. The molecule has 2 aliphatic heterocycles. The van der Waals surface area contributed by atoms with Gasteiger partial charge in [0, 0.05) is 24.9 Å². The second kappa shape index (κ2) is 16.8. The van der Waals surface area contributed by atoms with E-state index >= 15 is 0 Å². The molecule has 5 atom stereocenters. The van der Waals surface area contributed by atoms with Gasteiger partial charge in [0.05, 0.1) is 50.1 Å². The number of methoxy groups -OCH3 is 2. The second-order valence-corrected chi connectivity index (χ2v) is 14.8. The van der Waals surface area contributed by atoms with Crippen LogP contribution in [0, 0.1) is 11.8 Å². The maximum absolute atomic E-state index is 13.9. The third-order valence-electron chi connectivity index (χ3n) is 11.4. The first kappa shape index (κ1) is 38.2. The van der Waals surface area contributed by atoms with E-state index in [1.54, 1.807) is 9.80 Å². The summed E-state index contributed by atoms with van der Waals surface area (Å²) < 4.78 is 9.42. The Morgan fingerprint density at radius 2 is 1.33 bits per heavy atom. The zero-order valence-corrected chi connectivity index (χ0v) is 32.4. The van der Waals surface area contributed by atoms with Gasteiger partial charge in [0.15, 0.2) is 0 Å².